The Bertz CT molecular complexity index is 582. The lowest BCUT2D eigenvalue weighted by Crippen LogP contribution is -1.98. The summed E-state index contributed by atoms with van der Waals surface area (Å²) in [5.74, 6) is -0.654. The molecule has 0 unspecified atom stereocenters. The molecule has 4 nitrogen and oxygen atoms in total. The Morgan fingerprint density at radius 2 is 1.94 bits per heavy atom. The summed E-state index contributed by atoms with van der Waals surface area (Å²) >= 11 is 0. The van der Waals surface area contributed by atoms with Crippen LogP contribution in [0.15, 0.2) is 30.6 Å². The van der Waals surface area contributed by atoms with E-state index in [-0.39, 0.29) is 11.8 Å². The highest BCUT2D eigenvalue weighted by atomic mass is 19.1. The maximum atomic E-state index is 13.1. The van der Waals surface area contributed by atoms with E-state index in [0.717, 1.165) is 0 Å². The van der Waals surface area contributed by atoms with Crippen molar-refractivity contribution in [2.24, 2.45) is 0 Å². The predicted octanol–water partition coefficient (Wildman–Crippen LogP) is 2.49. The predicted molar refractivity (Wildman–Crippen MR) is 64.0 cm³/mol. The average molecular weight is 246 g/mol. The zero-order chi connectivity index (χ0) is 13.1. The Hall–Kier alpha value is -2.30. The molecule has 2 rings (SSSR count). The number of benzene rings is 1. The molecule has 0 N–H and O–H groups in total. The number of hydrogen-bond acceptors (Lipinski definition) is 4. The van der Waals surface area contributed by atoms with Crippen molar-refractivity contribution in [2.45, 2.75) is 6.92 Å². The average Bonchev–Trinajstić information content (AvgIpc) is 2.39. The minimum absolute atomic E-state index is 0.208. The van der Waals surface area contributed by atoms with Crippen molar-refractivity contribution in [3.8, 4) is 17.1 Å². The zero-order valence-corrected chi connectivity index (χ0v) is 9.98. The molecule has 18 heavy (non-hydrogen) atoms. The van der Waals surface area contributed by atoms with Crippen LogP contribution in [0.4, 0.5) is 4.39 Å². The van der Waals surface area contributed by atoms with Gasteiger partial charge in [-0.1, -0.05) is 6.07 Å². The van der Waals surface area contributed by atoms with Gasteiger partial charge >= 0.3 is 6.01 Å². The summed E-state index contributed by atoms with van der Waals surface area (Å²) in [5, 5.41) is 0. The molecule has 1 aromatic heterocycles. The molecule has 0 aliphatic heterocycles. The van der Waals surface area contributed by atoms with Gasteiger partial charge in [-0.15, -0.1) is 0 Å². The van der Waals surface area contributed by atoms with Gasteiger partial charge in [-0.3, -0.25) is 4.79 Å². The normalized spacial score (nSPS) is 10.2. The number of methoxy groups -OCH3 is 1. The van der Waals surface area contributed by atoms with Crippen LogP contribution in [0.1, 0.15) is 17.3 Å². The molecule has 0 atom stereocenters. The van der Waals surface area contributed by atoms with Crippen molar-refractivity contribution in [1.82, 2.24) is 9.97 Å². The lowest BCUT2D eigenvalue weighted by molar-refractivity contribution is 0.101. The molecule has 0 saturated carbocycles. The van der Waals surface area contributed by atoms with Gasteiger partial charge in [-0.05, 0) is 24.6 Å². The van der Waals surface area contributed by atoms with E-state index >= 15 is 0 Å². The van der Waals surface area contributed by atoms with Crippen LogP contribution in [-0.4, -0.2) is 22.9 Å². The van der Waals surface area contributed by atoms with Crippen LogP contribution in [0.3, 0.4) is 0 Å². The smallest absolute Gasteiger partial charge is 0.316 e. The summed E-state index contributed by atoms with van der Waals surface area (Å²) in [7, 11) is 1.47. The molecule has 0 fully saturated rings. The lowest BCUT2D eigenvalue weighted by atomic mass is 9.99. The molecular formula is C13H11FN2O2. The van der Waals surface area contributed by atoms with Crippen LogP contribution < -0.4 is 4.74 Å². The van der Waals surface area contributed by atoms with Gasteiger partial charge < -0.3 is 4.74 Å². The summed E-state index contributed by atoms with van der Waals surface area (Å²) in [6.45, 7) is 1.39. The number of Topliss-reactive ketones (excluding diaryl/α,β-unsaturated/α-hetero) is 1. The molecule has 0 bridgehead atoms. The van der Waals surface area contributed by atoms with Gasteiger partial charge in [0.25, 0.3) is 0 Å². The highest BCUT2D eigenvalue weighted by molar-refractivity contribution is 6.00. The Kier molecular flexibility index (Phi) is 3.32. The molecule has 0 amide bonds. The van der Waals surface area contributed by atoms with E-state index in [0.29, 0.717) is 16.7 Å². The number of aromatic nitrogens is 2. The van der Waals surface area contributed by atoms with Gasteiger partial charge in [0.05, 0.1) is 7.11 Å². The van der Waals surface area contributed by atoms with Crippen LogP contribution in [0, 0.1) is 5.82 Å². The first-order chi connectivity index (χ1) is 8.61. The van der Waals surface area contributed by atoms with Crippen molar-refractivity contribution in [1.29, 1.82) is 0 Å². The summed E-state index contributed by atoms with van der Waals surface area (Å²) in [6, 6.07) is 4.29. The molecule has 0 saturated heterocycles. The number of rotatable bonds is 3. The Morgan fingerprint density at radius 3 is 2.50 bits per heavy atom. The molecule has 92 valence electrons. The molecule has 1 aromatic carbocycles. The zero-order valence-electron chi connectivity index (χ0n) is 9.98. The van der Waals surface area contributed by atoms with Crippen LogP contribution in [-0.2, 0) is 0 Å². The fourth-order valence-corrected chi connectivity index (χ4v) is 1.62. The summed E-state index contributed by atoms with van der Waals surface area (Å²) in [5.41, 5.74) is 1.55. The third-order valence-corrected chi connectivity index (χ3v) is 2.48. The van der Waals surface area contributed by atoms with E-state index in [1.807, 2.05) is 0 Å². The maximum absolute atomic E-state index is 13.1. The molecule has 5 heteroatoms. The number of carbonyl (C=O) groups is 1. The lowest BCUT2D eigenvalue weighted by Gasteiger charge is -2.07. The van der Waals surface area contributed by atoms with Gasteiger partial charge in [0.1, 0.15) is 5.82 Å². The van der Waals surface area contributed by atoms with Crippen LogP contribution >= 0.6 is 0 Å². The first kappa shape index (κ1) is 12.2. The van der Waals surface area contributed by atoms with Crippen LogP contribution in [0.2, 0.25) is 0 Å². The number of hydrogen-bond donors (Lipinski definition) is 0. The van der Waals surface area contributed by atoms with Crippen molar-refractivity contribution in [3.05, 3.63) is 42.0 Å². The number of carbonyl (C=O) groups excluding carboxylic acids is 1. The molecule has 2 aromatic rings. The summed E-state index contributed by atoms with van der Waals surface area (Å²) in [6.07, 6.45) is 3.07. The number of halogens is 1. The van der Waals surface area contributed by atoms with Gasteiger partial charge in [0, 0.05) is 23.5 Å². The molecular weight excluding hydrogens is 235 g/mol. The summed E-state index contributed by atoms with van der Waals surface area (Å²) < 4.78 is 18.0. The van der Waals surface area contributed by atoms with E-state index in [9.17, 15) is 9.18 Å². The second kappa shape index (κ2) is 4.91. The standard InChI is InChI=1S/C13H11FN2O2/c1-8(17)12-5-10(14)3-4-11(12)9-6-15-13(18-2)16-7-9/h3-7H,1-2H3. The van der Waals surface area contributed by atoms with E-state index < -0.39 is 5.82 Å². The van der Waals surface area contributed by atoms with Crippen molar-refractivity contribution in [2.75, 3.05) is 7.11 Å². The monoisotopic (exact) mass is 246 g/mol. The third kappa shape index (κ3) is 2.34. The first-order valence-corrected chi connectivity index (χ1v) is 5.28. The number of nitrogens with zero attached hydrogens (tertiary/aromatic N) is 2. The molecule has 0 spiro atoms. The topological polar surface area (TPSA) is 52.1 Å². The van der Waals surface area contributed by atoms with Gasteiger partial charge in [-0.2, -0.15) is 0 Å². The van der Waals surface area contributed by atoms with Crippen LogP contribution in [0.5, 0.6) is 6.01 Å². The van der Waals surface area contributed by atoms with Crippen molar-refractivity contribution < 1.29 is 13.9 Å². The maximum Gasteiger partial charge on any atom is 0.316 e. The second-order valence-corrected chi connectivity index (χ2v) is 3.70. The molecule has 0 aliphatic carbocycles. The Morgan fingerprint density at radius 1 is 1.28 bits per heavy atom. The number of ether oxygens (including phenoxy) is 1. The molecule has 0 aliphatic rings. The van der Waals surface area contributed by atoms with Gasteiger partial charge in [-0.25, -0.2) is 14.4 Å². The fraction of sp³-hybridized carbons (Fsp3) is 0.154. The Labute approximate surface area is 103 Å². The van der Waals surface area contributed by atoms with Crippen molar-refractivity contribution >= 4 is 5.78 Å². The SMILES string of the molecule is COc1ncc(-c2ccc(F)cc2C(C)=O)cn1. The largest absolute Gasteiger partial charge is 0.467 e. The van der Waals surface area contributed by atoms with Gasteiger partial charge in [0.2, 0.25) is 0 Å². The minimum Gasteiger partial charge on any atom is -0.467 e. The summed E-state index contributed by atoms with van der Waals surface area (Å²) in [4.78, 5) is 19.4. The minimum atomic E-state index is -0.446. The Balaban J connectivity index is 2.52. The number of ketones is 1. The van der Waals surface area contributed by atoms with Crippen LogP contribution in [0.25, 0.3) is 11.1 Å². The molecule has 0 radical (unpaired) electrons. The quantitative estimate of drug-likeness (QED) is 0.781. The van der Waals surface area contributed by atoms with E-state index in [1.54, 1.807) is 0 Å². The third-order valence-electron chi connectivity index (χ3n) is 2.48. The second-order valence-electron chi connectivity index (χ2n) is 3.70. The fourth-order valence-electron chi connectivity index (χ4n) is 1.62. The first-order valence-electron chi connectivity index (χ1n) is 5.28. The van der Waals surface area contributed by atoms with E-state index in [4.69, 9.17) is 4.74 Å². The van der Waals surface area contributed by atoms with E-state index in [2.05, 4.69) is 9.97 Å². The van der Waals surface area contributed by atoms with Gasteiger partial charge in [0.15, 0.2) is 5.78 Å². The van der Waals surface area contributed by atoms with E-state index in [1.165, 1.54) is 44.6 Å². The molecule has 1 heterocycles. The van der Waals surface area contributed by atoms with Crippen molar-refractivity contribution in [3.63, 3.8) is 0 Å². The highest BCUT2D eigenvalue weighted by Gasteiger charge is 2.11. The highest BCUT2D eigenvalue weighted by Crippen LogP contribution is 2.24.